The highest BCUT2D eigenvalue weighted by Crippen LogP contribution is 2.33. The molecule has 0 N–H and O–H groups in total. The molecule has 0 spiro atoms. The molecule has 1 saturated heterocycles. The van der Waals surface area contributed by atoms with E-state index in [9.17, 15) is 0 Å². The van der Waals surface area contributed by atoms with Gasteiger partial charge in [0, 0.05) is 18.6 Å². The quantitative estimate of drug-likeness (QED) is 0.777. The van der Waals surface area contributed by atoms with Crippen LogP contribution in [0, 0.1) is 24.2 Å². The van der Waals surface area contributed by atoms with Crippen LogP contribution in [0.15, 0.2) is 24.3 Å². The van der Waals surface area contributed by atoms with Gasteiger partial charge in [0.1, 0.15) is 0 Å². The fraction of sp³-hybridized carbons (Fsp3) is 0.533. The number of rotatable bonds is 2. The van der Waals surface area contributed by atoms with Crippen LogP contribution in [0.25, 0.3) is 0 Å². The monoisotopic (exact) mass is 228 g/mol. The van der Waals surface area contributed by atoms with Crippen molar-refractivity contribution >= 4 is 0 Å². The summed E-state index contributed by atoms with van der Waals surface area (Å²) in [6.07, 6.45) is 0.982. The van der Waals surface area contributed by atoms with Gasteiger partial charge in [-0.25, -0.2) is 0 Å². The van der Waals surface area contributed by atoms with Crippen LogP contribution in [-0.4, -0.2) is 17.0 Å². The molecule has 90 valence electrons. The van der Waals surface area contributed by atoms with E-state index in [4.69, 9.17) is 5.26 Å². The molecule has 1 heterocycles. The lowest BCUT2D eigenvalue weighted by Crippen LogP contribution is -2.37. The number of nitrogens with zero attached hydrogens (tertiary/aromatic N) is 2. The summed E-state index contributed by atoms with van der Waals surface area (Å²) in [4.78, 5) is 2.42. The highest BCUT2D eigenvalue weighted by molar-refractivity contribution is 5.21. The molecule has 1 aliphatic heterocycles. The Morgan fingerprint density at radius 2 is 2.00 bits per heavy atom. The minimum atomic E-state index is 0.144. The van der Waals surface area contributed by atoms with E-state index in [1.807, 2.05) is 0 Å². The zero-order chi connectivity index (χ0) is 12.5. The van der Waals surface area contributed by atoms with Gasteiger partial charge in [-0.05, 0) is 32.8 Å². The predicted molar refractivity (Wildman–Crippen MR) is 69.4 cm³/mol. The van der Waals surface area contributed by atoms with Gasteiger partial charge in [-0.15, -0.1) is 0 Å². The van der Waals surface area contributed by atoms with Crippen LogP contribution in [0.1, 0.15) is 31.4 Å². The Hall–Kier alpha value is -1.33. The van der Waals surface area contributed by atoms with Crippen molar-refractivity contribution in [2.75, 3.05) is 6.54 Å². The molecule has 0 amide bonds. The molecule has 1 aromatic rings. The Balaban J connectivity index is 2.09. The number of hydrogen-bond acceptors (Lipinski definition) is 2. The second-order valence-corrected chi connectivity index (χ2v) is 5.71. The number of benzene rings is 1. The largest absolute Gasteiger partial charge is 0.293 e. The molecule has 0 radical (unpaired) electrons. The molecule has 0 bridgehead atoms. The van der Waals surface area contributed by atoms with Gasteiger partial charge in [0.25, 0.3) is 0 Å². The van der Waals surface area contributed by atoms with Gasteiger partial charge >= 0.3 is 0 Å². The van der Waals surface area contributed by atoms with Gasteiger partial charge in [0.15, 0.2) is 0 Å². The van der Waals surface area contributed by atoms with E-state index in [2.05, 4.69) is 56.0 Å². The van der Waals surface area contributed by atoms with Crippen LogP contribution in [0.3, 0.4) is 0 Å². The highest BCUT2D eigenvalue weighted by Gasteiger charge is 2.37. The zero-order valence-corrected chi connectivity index (χ0v) is 10.9. The Morgan fingerprint density at radius 3 is 2.53 bits per heavy atom. The van der Waals surface area contributed by atoms with Crippen molar-refractivity contribution in [1.82, 2.24) is 4.90 Å². The van der Waals surface area contributed by atoms with Crippen LogP contribution in [-0.2, 0) is 6.54 Å². The fourth-order valence-corrected chi connectivity index (χ4v) is 2.59. The van der Waals surface area contributed by atoms with Crippen molar-refractivity contribution in [1.29, 1.82) is 5.26 Å². The molecule has 1 aromatic carbocycles. The molecular weight excluding hydrogens is 208 g/mol. The van der Waals surface area contributed by atoms with E-state index in [0.717, 1.165) is 19.5 Å². The average Bonchev–Trinajstić information content (AvgIpc) is 2.57. The van der Waals surface area contributed by atoms with Crippen molar-refractivity contribution in [3.05, 3.63) is 35.4 Å². The molecule has 1 atom stereocenters. The fourth-order valence-electron chi connectivity index (χ4n) is 2.59. The lowest BCUT2D eigenvalue weighted by atomic mass is 9.97. The second-order valence-electron chi connectivity index (χ2n) is 5.71. The van der Waals surface area contributed by atoms with Gasteiger partial charge in [0.05, 0.1) is 12.0 Å². The molecule has 2 rings (SSSR count). The molecular formula is C15H20N2. The first-order valence-electron chi connectivity index (χ1n) is 6.21. The molecule has 2 heteroatoms. The first-order valence-corrected chi connectivity index (χ1v) is 6.21. The normalized spacial score (nSPS) is 23.5. The summed E-state index contributed by atoms with van der Waals surface area (Å²) in [5.74, 6) is 0.190. The first kappa shape index (κ1) is 12.1. The van der Waals surface area contributed by atoms with E-state index in [-0.39, 0.29) is 11.5 Å². The molecule has 1 aliphatic rings. The molecule has 0 saturated carbocycles. The summed E-state index contributed by atoms with van der Waals surface area (Å²) >= 11 is 0. The van der Waals surface area contributed by atoms with Crippen LogP contribution >= 0.6 is 0 Å². The standard InChI is InChI=1S/C15H20N2/c1-12-4-6-13(7-5-12)10-17-11-14(9-16)8-15(17,2)3/h4-7,14H,8,10-11H2,1-3H3. The van der Waals surface area contributed by atoms with Crippen molar-refractivity contribution in [2.24, 2.45) is 5.92 Å². The van der Waals surface area contributed by atoms with Gasteiger partial charge in [0.2, 0.25) is 0 Å². The minimum Gasteiger partial charge on any atom is -0.293 e. The third-order valence-corrected chi connectivity index (χ3v) is 3.72. The van der Waals surface area contributed by atoms with Crippen molar-refractivity contribution < 1.29 is 0 Å². The summed E-state index contributed by atoms with van der Waals surface area (Å²) in [5, 5.41) is 9.04. The van der Waals surface area contributed by atoms with Gasteiger partial charge in [-0.3, -0.25) is 4.90 Å². The van der Waals surface area contributed by atoms with Gasteiger partial charge in [-0.2, -0.15) is 5.26 Å². The summed E-state index contributed by atoms with van der Waals surface area (Å²) in [7, 11) is 0. The molecule has 1 unspecified atom stereocenters. The number of nitriles is 1. The third kappa shape index (κ3) is 2.68. The van der Waals surface area contributed by atoms with E-state index in [1.54, 1.807) is 0 Å². The second kappa shape index (κ2) is 4.50. The summed E-state index contributed by atoms with van der Waals surface area (Å²) in [6.45, 7) is 8.43. The highest BCUT2D eigenvalue weighted by atomic mass is 15.2. The first-order chi connectivity index (χ1) is 8.01. The van der Waals surface area contributed by atoms with Crippen LogP contribution < -0.4 is 0 Å². The van der Waals surface area contributed by atoms with Crippen LogP contribution in [0.5, 0.6) is 0 Å². The van der Waals surface area contributed by atoms with E-state index < -0.39 is 0 Å². The van der Waals surface area contributed by atoms with Crippen LogP contribution in [0.4, 0.5) is 0 Å². The Kier molecular flexibility index (Phi) is 3.22. The minimum absolute atomic E-state index is 0.144. The molecule has 17 heavy (non-hydrogen) atoms. The number of likely N-dealkylation sites (tertiary alicyclic amines) is 1. The van der Waals surface area contributed by atoms with Crippen LogP contribution in [0.2, 0.25) is 0 Å². The van der Waals surface area contributed by atoms with E-state index >= 15 is 0 Å². The van der Waals surface area contributed by atoms with E-state index in [1.165, 1.54) is 11.1 Å². The van der Waals surface area contributed by atoms with Crippen molar-refractivity contribution in [2.45, 2.75) is 39.3 Å². The molecule has 1 fully saturated rings. The molecule has 0 aliphatic carbocycles. The van der Waals surface area contributed by atoms with Crippen molar-refractivity contribution in [3.63, 3.8) is 0 Å². The maximum Gasteiger partial charge on any atom is 0.0670 e. The van der Waals surface area contributed by atoms with Gasteiger partial charge < -0.3 is 0 Å². The SMILES string of the molecule is Cc1ccc(CN2CC(C#N)CC2(C)C)cc1. The average molecular weight is 228 g/mol. The smallest absolute Gasteiger partial charge is 0.0670 e. The lowest BCUT2D eigenvalue weighted by molar-refractivity contribution is 0.166. The summed E-state index contributed by atoms with van der Waals surface area (Å²) < 4.78 is 0. The maximum absolute atomic E-state index is 9.04. The predicted octanol–water partition coefficient (Wildman–Crippen LogP) is 3.12. The third-order valence-electron chi connectivity index (χ3n) is 3.72. The Bertz CT molecular complexity index is 425. The maximum atomic E-state index is 9.04. The number of hydrogen-bond donors (Lipinski definition) is 0. The molecule has 0 aromatic heterocycles. The van der Waals surface area contributed by atoms with Crippen molar-refractivity contribution in [3.8, 4) is 6.07 Å². The van der Waals surface area contributed by atoms with E-state index in [0.29, 0.717) is 0 Å². The lowest BCUT2D eigenvalue weighted by Gasteiger charge is -2.31. The zero-order valence-electron chi connectivity index (χ0n) is 10.9. The van der Waals surface area contributed by atoms with Gasteiger partial charge in [-0.1, -0.05) is 29.8 Å². The Labute approximate surface area is 104 Å². The summed E-state index contributed by atoms with van der Waals surface area (Å²) in [6, 6.07) is 11.1. The topological polar surface area (TPSA) is 27.0 Å². The number of aryl methyl sites for hydroxylation is 1. The molecule has 2 nitrogen and oxygen atoms in total. The summed E-state index contributed by atoms with van der Waals surface area (Å²) in [5.41, 5.74) is 2.78. The Morgan fingerprint density at radius 1 is 1.35 bits per heavy atom.